The van der Waals surface area contributed by atoms with Gasteiger partial charge in [-0.15, -0.1) is 0 Å². The number of benzene rings is 1. The van der Waals surface area contributed by atoms with Gasteiger partial charge in [-0.05, 0) is 24.1 Å². The van der Waals surface area contributed by atoms with Crippen LogP contribution in [0, 0.1) is 11.3 Å². The molecule has 0 amide bonds. The van der Waals surface area contributed by atoms with Gasteiger partial charge in [-0.3, -0.25) is 4.99 Å². The second-order valence-corrected chi connectivity index (χ2v) is 4.37. The fourth-order valence-electron chi connectivity index (χ4n) is 1.69. The Morgan fingerprint density at radius 3 is 2.53 bits per heavy atom. The molecule has 0 aliphatic rings. The molecule has 0 saturated heterocycles. The van der Waals surface area contributed by atoms with Gasteiger partial charge in [0, 0.05) is 20.1 Å². The molecule has 0 bridgehead atoms. The standard InChI is InChI=1S/C15H22N4/c1-3-4-5-10-18-15(17-2)19-12-14-8-6-13(11-16)7-9-14/h6-9H,3-5,10,12H2,1-2H3,(H2,17,18,19). The zero-order valence-electron chi connectivity index (χ0n) is 11.7. The Hall–Kier alpha value is -2.02. The first-order valence-corrected chi connectivity index (χ1v) is 6.73. The molecule has 19 heavy (non-hydrogen) atoms. The molecule has 102 valence electrons. The van der Waals surface area contributed by atoms with Crippen LogP contribution in [0.5, 0.6) is 0 Å². The van der Waals surface area contributed by atoms with Crippen molar-refractivity contribution < 1.29 is 0 Å². The van der Waals surface area contributed by atoms with Crippen molar-refractivity contribution in [2.45, 2.75) is 32.7 Å². The molecule has 0 radical (unpaired) electrons. The van der Waals surface area contributed by atoms with Crippen molar-refractivity contribution >= 4 is 5.96 Å². The van der Waals surface area contributed by atoms with Crippen molar-refractivity contribution in [3.8, 4) is 6.07 Å². The molecule has 4 nitrogen and oxygen atoms in total. The number of nitrogens with zero attached hydrogens (tertiary/aromatic N) is 2. The van der Waals surface area contributed by atoms with Crippen LogP contribution in [0.2, 0.25) is 0 Å². The Morgan fingerprint density at radius 1 is 1.21 bits per heavy atom. The van der Waals surface area contributed by atoms with Crippen LogP contribution in [0.3, 0.4) is 0 Å². The molecule has 2 N–H and O–H groups in total. The van der Waals surface area contributed by atoms with Crippen molar-refractivity contribution in [2.75, 3.05) is 13.6 Å². The lowest BCUT2D eigenvalue weighted by molar-refractivity contribution is 0.683. The molecule has 0 aromatic heterocycles. The zero-order valence-corrected chi connectivity index (χ0v) is 11.7. The van der Waals surface area contributed by atoms with Crippen LogP contribution in [0.25, 0.3) is 0 Å². The van der Waals surface area contributed by atoms with Gasteiger partial charge in [0.1, 0.15) is 0 Å². The summed E-state index contributed by atoms with van der Waals surface area (Å²) >= 11 is 0. The molecular weight excluding hydrogens is 236 g/mol. The Morgan fingerprint density at radius 2 is 1.95 bits per heavy atom. The van der Waals surface area contributed by atoms with Crippen LogP contribution < -0.4 is 10.6 Å². The molecule has 1 aromatic rings. The monoisotopic (exact) mass is 258 g/mol. The Kier molecular flexibility index (Phi) is 7.11. The normalized spacial score (nSPS) is 10.9. The van der Waals surface area contributed by atoms with E-state index in [2.05, 4.69) is 28.6 Å². The maximum absolute atomic E-state index is 8.73. The average Bonchev–Trinajstić information content (AvgIpc) is 2.47. The second kappa shape index (κ2) is 8.98. The minimum atomic E-state index is 0.686. The van der Waals surface area contributed by atoms with Gasteiger partial charge in [0.25, 0.3) is 0 Å². The highest BCUT2D eigenvalue weighted by Gasteiger charge is 1.98. The van der Waals surface area contributed by atoms with Gasteiger partial charge < -0.3 is 10.6 Å². The van der Waals surface area contributed by atoms with Gasteiger partial charge in [-0.1, -0.05) is 31.9 Å². The summed E-state index contributed by atoms with van der Waals surface area (Å²) in [7, 11) is 1.77. The van der Waals surface area contributed by atoms with Gasteiger partial charge in [-0.2, -0.15) is 5.26 Å². The van der Waals surface area contributed by atoms with Gasteiger partial charge in [-0.25, -0.2) is 0 Å². The van der Waals surface area contributed by atoms with E-state index in [9.17, 15) is 0 Å². The summed E-state index contributed by atoms with van der Waals surface area (Å²) in [5, 5.41) is 15.3. The molecule has 0 atom stereocenters. The highest BCUT2D eigenvalue weighted by atomic mass is 15.2. The van der Waals surface area contributed by atoms with Crippen LogP contribution >= 0.6 is 0 Å². The SMILES string of the molecule is CCCCCNC(=NC)NCc1ccc(C#N)cc1. The molecule has 0 fully saturated rings. The topological polar surface area (TPSA) is 60.2 Å². The number of guanidine groups is 1. The Labute approximate surface area is 115 Å². The van der Waals surface area contributed by atoms with Gasteiger partial charge in [0.15, 0.2) is 5.96 Å². The Balaban J connectivity index is 2.34. The fourth-order valence-corrected chi connectivity index (χ4v) is 1.69. The van der Waals surface area contributed by atoms with Crippen molar-refractivity contribution in [1.29, 1.82) is 5.26 Å². The third-order valence-corrected chi connectivity index (χ3v) is 2.84. The van der Waals surface area contributed by atoms with E-state index >= 15 is 0 Å². The third kappa shape index (κ3) is 5.91. The maximum atomic E-state index is 8.73. The minimum absolute atomic E-state index is 0.686. The molecular formula is C15H22N4. The molecule has 4 heteroatoms. The van der Waals surface area contributed by atoms with E-state index in [1.54, 1.807) is 7.05 Å². The van der Waals surface area contributed by atoms with Crippen molar-refractivity contribution in [2.24, 2.45) is 4.99 Å². The number of nitriles is 1. The lowest BCUT2D eigenvalue weighted by Gasteiger charge is -2.11. The summed E-state index contributed by atoms with van der Waals surface area (Å²) in [6.45, 7) is 3.85. The van der Waals surface area contributed by atoms with Crippen molar-refractivity contribution in [3.63, 3.8) is 0 Å². The van der Waals surface area contributed by atoms with Crippen molar-refractivity contribution in [3.05, 3.63) is 35.4 Å². The van der Waals surface area contributed by atoms with E-state index in [-0.39, 0.29) is 0 Å². The largest absolute Gasteiger partial charge is 0.356 e. The smallest absolute Gasteiger partial charge is 0.191 e. The van der Waals surface area contributed by atoms with Gasteiger partial charge in [0.05, 0.1) is 11.6 Å². The van der Waals surface area contributed by atoms with Crippen LogP contribution in [-0.2, 0) is 6.54 Å². The predicted octanol–water partition coefficient (Wildman–Crippen LogP) is 2.41. The summed E-state index contributed by atoms with van der Waals surface area (Å²) in [4.78, 5) is 4.18. The second-order valence-electron chi connectivity index (χ2n) is 4.37. The number of unbranched alkanes of at least 4 members (excludes halogenated alkanes) is 2. The number of hydrogen-bond acceptors (Lipinski definition) is 2. The van der Waals surface area contributed by atoms with Gasteiger partial charge >= 0.3 is 0 Å². The molecule has 1 rings (SSSR count). The van der Waals surface area contributed by atoms with Crippen LogP contribution in [0.15, 0.2) is 29.3 Å². The molecule has 0 aliphatic heterocycles. The summed E-state index contributed by atoms with van der Waals surface area (Å²) < 4.78 is 0. The molecule has 0 unspecified atom stereocenters. The van der Waals surface area contributed by atoms with Crippen LogP contribution in [0.1, 0.15) is 37.3 Å². The summed E-state index contributed by atoms with van der Waals surface area (Å²) in [6, 6.07) is 9.68. The first-order chi connectivity index (χ1) is 9.30. The fraction of sp³-hybridized carbons (Fsp3) is 0.467. The van der Waals surface area contributed by atoms with Crippen LogP contribution in [-0.4, -0.2) is 19.6 Å². The quantitative estimate of drug-likeness (QED) is 0.468. The number of nitrogens with one attached hydrogen (secondary N) is 2. The number of rotatable bonds is 6. The lowest BCUT2D eigenvalue weighted by Crippen LogP contribution is -2.37. The van der Waals surface area contributed by atoms with Crippen molar-refractivity contribution in [1.82, 2.24) is 10.6 Å². The molecule has 0 spiro atoms. The van der Waals surface area contributed by atoms with E-state index in [0.29, 0.717) is 12.1 Å². The first-order valence-electron chi connectivity index (χ1n) is 6.73. The number of aliphatic imine (C=N–C) groups is 1. The Bertz CT molecular complexity index is 428. The van der Waals surface area contributed by atoms with E-state index in [1.165, 1.54) is 12.8 Å². The van der Waals surface area contributed by atoms with Gasteiger partial charge in [0.2, 0.25) is 0 Å². The highest BCUT2D eigenvalue weighted by molar-refractivity contribution is 5.79. The summed E-state index contributed by atoms with van der Waals surface area (Å²) in [5.41, 5.74) is 1.82. The lowest BCUT2D eigenvalue weighted by atomic mass is 10.1. The van der Waals surface area contributed by atoms with Crippen LogP contribution in [0.4, 0.5) is 0 Å². The van der Waals surface area contributed by atoms with E-state index in [0.717, 1.165) is 24.5 Å². The molecule has 1 aromatic carbocycles. The number of hydrogen-bond donors (Lipinski definition) is 2. The minimum Gasteiger partial charge on any atom is -0.356 e. The van der Waals surface area contributed by atoms with E-state index in [1.807, 2.05) is 24.3 Å². The molecule has 0 heterocycles. The predicted molar refractivity (Wildman–Crippen MR) is 78.9 cm³/mol. The van der Waals surface area contributed by atoms with E-state index < -0.39 is 0 Å². The first kappa shape index (κ1) is 15.0. The summed E-state index contributed by atoms with van der Waals surface area (Å²) in [5.74, 6) is 0.820. The average molecular weight is 258 g/mol. The molecule has 0 saturated carbocycles. The highest BCUT2D eigenvalue weighted by Crippen LogP contribution is 2.02. The van der Waals surface area contributed by atoms with E-state index in [4.69, 9.17) is 5.26 Å². The molecule has 0 aliphatic carbocycles. The maximum Gasteiger partial charge on any atom is 0.191 e. The zero-order chi connectivity index (χ0) is 13.9. The third-order valence-electron chi connectivity index (χ3n) is 2.84. The summed E-state index contributed by atoms with van der Waals surface area (Å²) in [6.07, 6.45) is 3.62.